The highest BCUT2D eigenvalue weighted by atomic mass is 35.5. The lowest BCUT2D eigenvalue weighted by Crippen LogP contribution is -2.62. The number of esters is 1. The van der Waals surface area contributed by atoms with Crippen molar-refractivity contribution >= 4 is 29.2 Å². The third kappa shape index (κ3) is 4.07. The molecular formula is C14H15ClF3NO6. The summed E-state index contributed by atoms with van der Waals surface area (Å²) in [5.74, 6) is -3.18. The number of carbonyl (C=O) groups excluding carboxylic acids is 2. The Morgan fingerprint density at radius 3 is 2.24 bits per heavy atom. The zero-order valence-corrected chi connectivity index (χ0v) is 14.1. The molecular weight excluding hydrogens is 371 g/mol. The molecule has 0 saturated carbocycles. The number of hydrogen-bond donors (Lipinski definition) is 2. The van der Waals surface area contributed by atoms with Gasteiger partial charge >= 0.3 is 12.1 Å². The molecule has 1 amide bonds. The van der Waals surface area contributed by atoms with Crippen LogP contribution in [0.2, 0.25) is 0 Å². The summed E-state index contributed by atoms with van der Waals surface area (Å²) in [5, 5.41) is 9.03. The second kappa shape index (κ2) is 7.79. The third-order valence-electron chi connectivity index (χ3n) is 3.19. The highest BCUT2D eigenvalue weighted by Gasteiger charge is 2.67. The summed E-state index contributed by atoms with van der Waals surface area (Å²) >= 11 is 5.45. The first-order valence-electron chi connectivity index (χ1n) is 6.57. The Morgan fingerprint density at radius 2 is 1.80 bits per heavy atom. The van der Waals surface area contributed by atoms with Gasteiger partial charge in [0.25, 0.3) is 5.60 Å². The maximum atomic E-state index is 13.1. The van der Waals surface area contributed by atoms with Crippen LogP contribution >= 0.6 is 11.6 Å². The number of amides is 1. The highest BCUT2D eigenvalue weighted by molar-refractivity contribution is 6.35. The number of aliphatic hydroxyl groups is 1. The normalized spacial score (nSPS) is 14.9. The minimum atomic E-state index is -5.55. The molecule has 0 spiro atoms. The second-order valence-corrected chi connectivity index (χ2v) is 5.11. The average molecular weight is 386 g/mol. The van der Waals surface area contributed by atoms with Gasteiger partial charge in [0.15, 0.2) is 5.38 Å². The molecule has 0 aromatic heterocycles. The van der Waals surface area contributed by atoms with Gasteiger partial charge in [-0.1, -0.05) is 0 Å². The molecule has 1 aromatic carbocycles. The van der Waals surface area contributed by atoms with Crippen molar-refractivity contribution in [3.05, 3.63) is 18.2 Å². The van der Waals surface area contributed by atoms with E-state index in [1.807, 2.05) is 0 Å². The first kappa shape index (κ1) is 20.8. The summed E-state index contributed by atoms with van der Waals surface area (Å²) < 4.78 is 53.1. The molecule has 0 unspecified atom stereocenters. The van der Waals surface area contributed by atoms with Crippen LogP contribution in [-0.2, 0) is 14.3 Å². The van der Waals surface area contributed by atoms with Crippen molar-refractivity contribution in [2.45, 2.75) is 17.2 Å². The molecule has 7 nitrogen and oxygen atoms in total. The third-order valence-corrected chi connectivity index (χ3v) is 3.71. The van der Waals surface area contributed by atoms with E-state index in [0.29, 0.717) is 12.9 Å². The van der Waals surface area contributed by atoms with E-state index in [2.05, 4.69) is 10.1 Å². The molecule has 1 aromatic rings. The van der Waals surface area contributed by atoms with E-state index in [0.717, 1.165) is 0 Å². The first-order chi connectivity index (χ1) is 11.5. The predicted molar refractivity (Wildman–Crippen MR) is 80.8 cm³/mol. The summed E-state index contributed by atoms with van der Waals surface area (Å²) in [6.45, 7) is 0. The lowest BCUT2D eigenvalue weighted by Gasteiger charge is -2.30. The summed E-state index contributed by atoms with van der Waals surface area (Å²) in [6, 6.07) is 4.04. The van der Waals surface area contributed by atoms with Crippen molar-refractivity contribution in [2.24, 2.45) is 0 Å². The van der Waals surface area contributed by atoms with Crippen LogP contribution in [0, 0.1) is 0 Å². The Bertz CT molecular complexity index is 654. The van der Waals surface area contributed by atoms with Crippen LogP contribution in [0.25, 0.3) is 0 Å². The molecule has 1 rings (SSSR count). The van der Waals surface area contributed by atoms with Crippen LogP contribution in [0.15, 0.2) is 18.2 Å². The van der Waals surface area contributed by atoms with E-state index in [1.54, 1.807) is 0 Å². The monoisotopic (exact) mass is 385 g/mol. The number of hydrogen-bond acceptors (Lipinski definition) is 6. The molecule has 0 saturated heterocycles. The number of carbonyl (C=O) groups is 2. The Hall–Kier alpha value is -2.20. The molecule has 0 bridgehead atoms. The van der Waals surface area contributed by atoms with Crippen molar-refractivity contribution in [1.82, 2.24) is 0 Å². The van der Waals surface area contributed by atoms with Gasteiger partial charge in [-0.2, -0.15) is 13.2 Å². The van der Waals surface area contributed by atoms with Crippen LogP contribution in [-0.4, -0.2) is 55.5 Å². The SMILES string of the molecule is COC(=O)[C@@](O)([C@@H](Cl)C(=O)Nc1ccc(OC)cc1OC)C(F)(F)F. The fourth-order valence-electron chi connectivity index (χ4n) is 1.81. The van der Waals surface area contributed by atoms with Gasteiger partial charge in [0.05, 0.1) is 27.0 Å². The standard InChI is InChI=1S/C14H15ClF3NO6/c1-23-7-4-5-8(9(6-7)24-2)19-11(20)10(15)13(22,12(21)25-3)14(16,17)18/h4-6,10,22H,1-3H3,(H,19,20)/t10-,13-/m0/s1. The Balaban J connectivity index is 3.16. The van der Waals surface area contributed by atoms with Crippen molar-refractivity contribution in [3.8, 4) is 11.5 Å². The molecule has 0 aliphatic heterocycles. The lowest BCUT2D eigenvalue weighted by atomic mass is 9.97. The van der Waals surface area contributed by atoms with Gasteiger partial charge in [-0.25, -0.2) is 4.79 Å². The Morgan fingerprint density at radius 1 is 1.20 bits per heavy atom. The second-order valence-electron chi connectivity index (χ2n) is 4.67. The van der Waals surface area contributed by atoms with Crippen LogP contribution in [0.5, 0.6) is 11.5 Å². The quantitative estimate of drug-likeness (QED) is 0.572. The van der Waals surface area contributed by atoms with Gasteiger partial charge in [0.2, 0.25) is 5.91 Å². The highest BCUT2D eigenvalue weighted by Crippen LogP contribution is 2.38. The minimum Gasteiger partial charge on any atom is -0.497 e. The molecule has 0 aliphatic rings. The van der Waals surface area contributed by atoms with Gasteiger partial charge in [0, 0.05) is 6.07 Å². The molecule has 0 aliphatic carbocycles. The van der Waals surface area contributed by atoms with E-state index >= 15 is 0 Å². The number of anilines is 1. The molecule has 11 heteroatoms. The van der Waals surface area contributed by atoms with E-state index in [9.17, 15) is 27.9 Å². The molecule has 0 radical (unpaired) electrons. The van der Waals surface area contributed by atoms with Gasteiger partial charge in [0.1, 0.15) is 11.5 Å². The maximum Gasteiger partial charge on any atom is 0.430 e. The number of halogens is 4. The van der Waals surface area contributed by atoms with Crippen LogP contribution < -0.4 is 14.8 Å². The zero-order chi connectivity index (χ0) is 19.4. The smallest absolute Gasteiger partial charge is 0.430 e. The predicted octanol–water partition coefficient (Wildman–Crippen LogP) is 1.72. The molecule has 2 N–H and O–H groups in total. The van der Waals surface area contributed by atoms with E-state index in [4.69, 9.17) is 21.1 Å². The largest absolute Gasteiger partial charge is 0.497 e. The van der Waals surface area contributed by atoms with Crippen molar-refractivity contribution < 1.29 is 42.1 Å². The fourth-order valence-corrected chi connectivity index (χ4v) is 2.07. The average Bonchev–Trinajstić information content (AvgIpc) is 2.58. The van der Waals surface area contributed by atoms with Crippen LogP contribution in [0.4, 0.5) is 18.9 Å². The fraction of sp³-hybridized carbons (Fsp3) is 0.429. The van der Waals surface area contributed by atoms with Crippen LogP contribution in [0.1, 0.15) is 0 Å². The van der Waals surface area contributed by atoms with E-state index in [-0.39, 0.29) is 11.4 Å². The Labute approximate surface area is 145 Å². The van der Waals surface area contributed by atoms with Gasteiger partial charge < -0.3 is 24.6 Å². The summed E-state index contributed by atoms with van der Waals surface area (Å²) in [5.41, 5.74) is -4.28. The van der Waals surface area contributed by atoms with Crippen molar-refractivity contribution in [2.75, 3.05) is 26.6 Å². The van der Waals surface area contributed by atoms with E-state index < -0.39 is 29.0 Å². The number of nitrogens with one attached hydrogen (secondary N) is 1. The van der Waals surface area contributed by atoms with Crippen molar-refractivity contribution in [1.29, 1.82) is 0 Å². The zero-order valence-electron chi connectivity index (χ0n) is 13.3. The number of benzene rings is 1. The number of alkyl halides is 4. The lowest BCUT2D eigenvalue weighted by molar-refractivity contribution is -0.260. The number of rotatable bonds is 6. The Kier molecular flexibility index (Phi) is 6.49. The maximum absolute atomic E-state index is 13.1. The minimum absolute atomic E-state index is 0.0478. The summed E-state index contributed by atoms with van der Waals surface area (Å²) in [7, 11) is 3.25. The van der Waals surface area contributed by atoms with E-state index in [1.165, 1.54) is 32.4 Å². The van der Waals surface area contributed by atoms with Crippen LogP contribution in [0.3, 0.4) is 0 Å². The van der Waals surface area contributed by atoms with Crippen molar-refractivity contribution in [3.63, 3.8) is 0 Å². The van der Waals surface area contributed by atoms with Gasteiger partial charge in [-0.05, 0) is 12.1 Å². The molecule has 0 heterocycles. The van der Waals surface area contributed by atoms with Gasteiger partial charge in [-0.15, -0.1) is 11.6 Å². The number of ether oxygens (including phenoxy) is 3. The topological polar surface area (TPSA) is 94.1 Å². The molecule has 140 valence electrons. The molecule has 0 fully saturated rings. The molecule has 2 atom stereocenters. The van der Waals surface area contributed by atoms with Gasteiger partial charge in [-0.3, -0.25) is 4.79 Å². The first-order valence-corrected chi connectivity index (χ1v) is 7.01. The number of methoxy groups -OCH3 is 3. The summed E-state index contributed by atoms with van der Waals surface area (Å²) in [4.78, 5) is 23.4. The molecule has 25 heavy (non-hydrogen) atoms. The summed E-state index contributed by atoms with van der Waals surface area (Å²) in [6.07, 6.45) is -5.55.